The zero-order valence-corrected chi connectivity index (χ0v) is 20.6. The molecule has 1 atom stereocenters. The molecule has 0 fully saturated rings. The number of hydrogen-bond donors (Lipinski definition) is 3. The number of aryl methyl sites for hydroxylation is 1. The molecule has 0 aliphatic heterocycles. The minimum absolute atomic E-state index is 0.0834. The van der Waals surface area contributed by atoms with Crippen LogP contribution in [0.3, 0.4) is 0 Å². The fraction of sp³-hybridized carbons (Fsp3) is 0.148. The van der Waals surface area contributed by atoms with E-state index in [4.69, 9.17) is 21.7 Å². The quantitative estimate of drug-likeness (QED) is 0.253. The van der Waals surface area contributed by atoms with Crippen LogP contribution in [0.1, 0.15) is 39.0 Å². The van der Waals surface area contributed by atoms with Crippen molar-refractivity contribution in [2.24, 2.45) is 0 Å². The van der Waals surface area contributed by atoms with Gasteiger partial charge in [-0.25, -0.2) is 4.98 Å². The van der Waals surface area contributed by atoms with Crippen molar-refractivity contribution < 1.29 is 14.7 Å². The van der Waals surface area contributed by atoms with Gasteiger partial charge in [-0.05, 0) is 48.9 Å². The van der Waals surface area contributed by atoms with Crippen molar-refractivity contribution in [1.82, 2.24) is 10.3 Å². The van der Waals surface area contributed by atoms with Crippen molar-refractivity contribution >= 4 is 40.5 Å². The first-order valence-electron chi connectivity index (χ1n) is 11.0. The van der Waals surface area contributed by atoms with Crippen LogP contribution in [0.25, 0.3) is 11.3 Å². The Hall–Kier alpha value is -3.68. The van der Waals surface area contributed by atoms with Crippen LogP contribution in [0.15, 0.2) is 78.2 Å². The maximum Gasteiger partial charge on any atom is 0.305 e. The lowest BCUT2D eigenvalue weighted by Gasteiger charge is -2.19. The van der Waals surface area contributed by atoms with Crippen LogP contribution in [-0.2, 0) is 4.79 Å². The maximum atomic E-state index is 12.3. The predicted molar refractivity (Wildman–Crippen MR) is 140 cm³/mol. The Balaban J connectivity index is 1.60. The Morgan fingerprint density at radius 3 is 2.34 bits per heavy atom. The zero-order chi connectivity index (χ0) is 24.8. The topological polar surface area (TPSA) is 91.3 Å². The molecular weight excluding hydrogens is 482 g/mol. The van der Waals surface area contributed by atoms with Crippen LogP contribution in [0.4, 0.5) is 5.69 Å². The van der Waals surface area contributed by atoms with Crippen LogP contribution >= 0.6 is 22.9 Å². The van der Waals surface area contributed by atoms with E-state index in [0.717, 1.165) is 27.5 Å². The van der Waals surface area contributed by atoms with E-state index in [2.05, 4.69) is 10.6 Å². The summed E-state index contributed by atoms with van der Waals surface area (Å²) in [7, 11) is 0. The van der Waals surface area contributed by atoms with E-state index in [9.17, 15) is 9.59 Å². The number of thiazole rings is 1. The molecule has 1 aromatic heterocycles. The van der Waals surface area contributed by atoms with E-state index in [1.807, 2.05) is 73.0 Å². The minimum atomic E-state index is -0.952. The van der Waals surface area contributed by atoms with E-state index in [-0.39, 0.29) is 24.9 Å². The molecule has 1 amide bonds. The lowest BCUT2D eigenvalue weighted by atomic mass is 10.0. The van der Waals surface area contributed by atoms with Gasteiger partial charge >= 0.3 is 5.97 Å². The van der Waals surface area contributed by atoms with E-state index < -0.39 is 5.97 Å². The van der Waals surface area contributed by atoms with Gasteiger partial charge in [-0.2, -0.15) is 0 Å². The van der Waals surface area contributed by atoms with E-state index >= 15 is 0 Å². The third-order valence-electron chi connectivity index (χ3n) is 5.40. The number of aromatic nitrogens is 1. The fourth-order valence-electron chi connectivity index (χ4n) is 3.49. The Morgan fingerprint density at radius 1 is 1.00 bits per heavy atom. The molecule has 0 bridgehead atoms. The van der Waals surface area contributed by atoms with Crippen molar-refractivity contribution in [3.05, 3.63) is 105 Å². The number of nitrogens with zero attached hydrogens (tertiary/aromatic N) is 1. The molecule has 3 N–H and O–H groups in total. The third kappa shape index (κ3) is 6.47. The Kier molecular flexibility index (Phi) is 7.80. The highest BCUT2D eigenvalue weighted by Crippen LogP contribution is 2.32. The summed E-state index contributed by atoms with van der Waals surface area (Å²) in [4.78, 5) is 27.9. The number of carbonyl (C=O) groups excluding carboxylic acids is 1. The molecule has 35 heavy (non-hydrogen) atoms. The summed E-state index contributed by atoms with van der Waals surface area (Å²) in [5.41, 5.74) is 5.40. The molecule has 3 aromatic carbocycles. The van der Waals surface area contributed by atoms with Gasteiger partial charge < -0.3 is 15.7 Å². The van der Waals surface area contributed by atoms with Crippen molar-refractivity contribution in [3.63, 3.8) is 0 Å². The van der Waals surface area contributed by atoms with Crippen LogP contribution in [0, 0.1) is 6.92 Å². The van der Waals surface area contributed by atoms with Crippen LogP contribution < -0.4 is 10.6 Å². The number of nitrogens with one attached hydrogen (secondary N) is 2. The van der Waals surface area contributed by atoms with Crippen LogP contribution in [0.2, 0.25) is 5.02 Å². The van der Waals surface area contributed by atoms with Gasteiger partial charge in [0.2, 0.25) is 0 Å². The number of anilines is 1. The maximum absolute atomic E-state index is 12.3. The second kappa shape index (κ2) is 11.2. The van der Waals surface area contributed by atoms with Crippen molar-refractivity contribution in [3.8, 4) is 11.3 Å². The molecule has 1 heterocycles. The lowest BCUT2D eigenvalue weighted by molar-refractivity contribution is -0.136. The lowest BCUT2D eigenvalue weighted by Crippen LogP contribution is -2.26. The number of carbonyl (C=O) groups is 2. The first-order valence-corrected chi connectivity index (χ1v) is 12.3. The van der Waals surface area contributed by atoms with Crippen molar-refractivity contribution in [2.75, 3.05) is 11.9 Å². The highest BCUT2D eigenvalue weighted by Gasteiger charge is 2.19. The molecule has 0 radical (unpaired) electrons. The molecule has 0 saturated heterocycles. The van der Waals surface area contributed by atoms with Crippen molar-refractivity contribution in [2.45, 2.75) is 19.4 Å². The molecule has 0 aliphatic carbocycles. The third-order valence-corrected chi connectivity index (χ3v) is 6.56. The number of carboxylic acids is 1. The number of halogens is 1. The number of amides is 1. The van der Waals surface area contributed by atoms with Crippen LogP contribution in [-0.4, -0.2) is 28.5 Å². The predicted octanol–water partition coefficient (Wildman–Crippen LogP) is 6.18. The SMILES string of the molecule is Cc1ccc(NC(c2ccc(C(=O)NCCC(=O)O)cc2)c2nc(-c3ccc(Cl)cc3)cs2)cc1. The van der Waals surface area contributed by atoms with Gasteiger partial charge in [-0.15, -0.1) is 11.3 Å². The van der Waals surface area contributed by atoms with Gasteiger partial charge in [0.25, 0.3) is 5.91 Å². The molecule has 0 saturated carbocycles. The minimum Gasteiger partial charge on any atom is -0.481 e. The van der Waals surface area contributed by atoms with Gasteiger partial charge in [0, 0.05) is 33.8 Å². The molecule has 178 valence electrons. The molecule has 0 aliphatic rings. The molecule has 1 unspecified atom stereocenters. The summed E-state index contributed by atoms with van der Waals surface area (Å²) in [6.07, 6.45) is -0.119. The van der Waals surface area contributed by atoms with Crippen LogP contribution in [0.5, 0.6) is 0 Å². The first-order chi connectivity index (χ1) is 16.9. The Morgan fingerprint density at radius 2 is 1.69 bits per heavy atom. The van der Waals surface area contributed by atoms with E-state index in [1.54, 1.807) is 23.5 Å². The smallest absolute Gasteiger partial charge is 0.305 e. The van der Waals surface area contributed by atoms with Gasteiger partial charge in [-0.1, -0.05) is 53.6 Å². The molecule has 0 spiro atoms. The first kappa shape index (κ1) is 24.4. The number of benzene rings is 3. The van der Waals surface area contributed by atoms with Gasteiger partial charge in [-0.3, -0.25) is 9.59 Å². The molecular formula is C27H24ClN3O3S. The summed E-state index contributed by atoms with van der Waals surface area (Å²) in [6, 6.07) is 22.8. The standard InChI is InChI=1S/C27H24ClN3O3S/c1-17-2-12-22(13-3-17)30-25(27-31-23(16-35-27)18-8-10-21(28)11-9-18)19-4-6-20(7-5-19)26(34)29-15-14-24(32)33/h2-13,16,25,30H,14-15H2,1H3,(H,29,34)(H,32,33). The van der Waals surface area contributed by atoms with E-state index in [1.165, 1.54) is 5.56 Å². The molecule has 4 aromatic rings. The summed E-state index contributed by atoms with van der Waals surface area (Å²) in [5.74, 6) is -1.26. The highest BCUT2D eigenvalue weighted by atomic mass is 35.5. The van der Waals surface area contributed by atoms with Gasteiger partial charge in [0.1, 0.15) is 11.0 Å². The average molecular weight is 506 g/mol. The van der Waals surface area contributed by atoms with Gasteiger partial charge in [0.15, 0.2) is 0 Å². The number of hydrogen-bond acceptors (Lipinski definition) is 5. The second-order valence-corrected chi connectivity index (χ2v) is 9.37. The summed E-state index contributed by atoms with van der Waals surface area (Å²) < 4.78 is 0. The highest BCUT2D eigenvalue weighted by molar-refractivity contribution is 7.10. The molecule has 8 heteroatoms. The van der Waals surface area contributed by atoms with E-state index in [0.29, 0.717) is 10.6 Å². The number of carboxylic acid groups (broad SMARTS) is 1. The largest absolute Gasteiger partial charge is 0.481 e. The Bertz CT molecular complexity index is 1300. The average Bonchev–Trinajstić information content (AvgIpc) is 3.34. The number of rotatable bonds is 9. The summed E-state index contributed by atoms with van der Waals surface area (Å²) in [5, 5.41) is 18.5. The Labute approximate surface area is 212 Å². The molecule has 6 nitrogen and oxygen atoms in total. The number of aliphatic carboxylic acids is 1. The summed E-state index contributed by atoms with van der Waals surface area (Å²) in [6.45, 7) is 2.13. The second-order valence-electron chi connectivity index (χ2n) is 8.04. The molecule has 4 rings (SSSR count). The summed E-state index contributed by atoms with van der Waals surface area (Å²) >= 11 is 7.59. The van der Waals surface area contributed by atoms with Crippen molar-refractivity contribution in [1.29, 1.82) is 0 Å². The van der Waals surface area contributed by atoms with Gasteiger partial charge in [0.05, 0.1) is 12.1 Å². The normalized spacial score (nSPS) is 11.6. The zero-order valence-electron chi connectivity index (χ0n) is 19.0. The fourth-order valence-corrected chi connectivity index (χ4v) is 4.52. The monoisotopic (exact) mass is 505 g/mol.